The minimum Gasteiger partial charge on any atom is -0.207 e. The van der Waals surface area contributed by atoms with E-state index in [9.17, 15) is 4.39 Å². The van der Waals surface area contributed by atoms with E-state index in [4.69, 9.17) is 0 Å². The largest absolute Gasteiger partial charge is 0.207 e. The van der Waals surface area contributed by atoms with Gasteiger partial charge in [-0.2, -0.15) is 0 Å². The molecule has 1 rings (SSSR count). The molecule has 0 saturated carbocycles. The van der Waals surface area contributed by atoms with Gasteiger partial charge in [-0.25, -0.2) is 4.39 Å². The van der Waals surface area contributed by atoms with Crippen LogP contribution >= 0.6 is 0 Å². The molecule has 0 saturated heterocycles. The number of hydrogen-bond acceptors (Lipinski definition) is 0. The van der Waals surface area contributed by atoms with E-state index in [0.29, 0.717) is 5.92 Å². The molecule has 0 heterocycles. The first kappa shape index (κ1) is 12.2. The first-order valence-corrected chi connectivity index (χ1v) is 5.90. The van der Waals surface area contributed by atoms with Crippen LogP contribution in [0.15, 0.2) is 18.2 Å². The SMILES string of the molecule is CCCCC[C@H](C)c1cc(C)cc(F)c1. The van der Waals surface area contributed by atoms with Crippen LogP contribution < -0.4 is 0 Å². The van der Waals surface area contributed by atoms with Crippen molar-refractivity contribution in [2.45, 2.75) is 52.4 Å². The monoisotopic (exact) mass is 208 g/mol. The summed E-state index contributed by atoms with van der Waals surface area (Å²) in [7, 11) is 0. The van der Waals surface area contributed by atoms with Crippen molar-refractivity contribution in [3.05, 3.63) is 35.1 Å². The number of unbranched alkanes of at least 4 members (excludes halogenated alkanes) is 2. The fourth-order valence-electron chi connectivity index (χ4n) is 1.92. The smallest absolute Gasteiger partial charge is 0.123 e. The summed E-state index contributed by atoms with van der Waals surface area (Å²) in [4.78, 5) is 0. The summed E-state index contributed by atoms with van der Waals surface area (Å²) in [6.07, 6.45) is 4.93. The molecule has 0 aliphatic rings. The standard InChI is InChI=1S/C14H21F/c1-4-5-6-7-12(3)13-8-11(2)9-14(15)10-13/h8-10,12H,4-7H2,1-3H3/t12-/m0/s1. The van der Waals surface area contributed by atoms with Crippen molar-refractivity contribution in [2.24, 2.45) is 0 Å². The normalized spacial score (nSPS) is 12.8. The van der Waals surface area contributed by atoms with E-state index in [1.165, 1.54) is 19.3 Å². The zero-order valence-corrected chi connectivity index (χ0v) is 10.0. The molecule has 1 aromatic carbocycles. The van der Waals surface area contributed by atoms with Gasteiger partial charge in [0.05, 0.1) is 0 Å². The molecule has 0 radical (unpaired) electrons. The summed E-state index contributed by atoms with van der Waals surface area (Å²) in [5.41, 5.74) is 2.16. The van der Waals surface area contributed by atoms with Gasteiger partial charge in [0, 0.05) is 0 Å². The molecule has 0 fully saturated rings. The molecule has 1 heteroatoms. The Morgan fingerprint density at radius 2 is 1.93 bits per heavy atom. The topological polar surface area (TPSA) is 0 Å². The molecule has 0 aromatic heterocycles. The molecule has 0 unspecified atom stereocenters. The van der Waals surface area contributed by atoms with Gasteiger partial charge in [0.2, 0.25) is 0 Å². The Bertz CT molecular complexity index is 284. The lowest BCUT2D eigenvalue weighted by Crippen LogP contribution is -1.95. The summed E-state index contributed by atoms with van der Waals surface area (Å²) in [5.74, 6) is 0.373. The average Bonchev–Trinajstić information content (AvgIpc) is 2.16. The van der Waals surface area contributed by atoms with Gasteiger partial charge in [0.15, 0.2) is 0 Å². The van der Waals surface area contributed by atoms with Crippen molar-refractivity contribution in [2.75, 3.05) is 0 Å². The molecular weight excluding hydrogens is 187 g/mol. The van der Waals surface area contributed by atoms with Gasteiger partial charge in [0.1, 0.15) is 5.82 Å². The van der Waals surface area contributed by atoms with E-state index >= 15 is 0 Å². The summed E-state index contributed by atoms with van der Waals surface area (Å²) in [6, 6.07) is 5.35. The van der Waals surface area contributed by atoms with Crippen LogP contribution in [0.2, 0.25) is 0 Å². The van der Waals surface area contributed by atoms with Crippen molar-refractivity contribution in [3.63, 3.8) is 0 Å². The van der Waals surface area contributed by atoms with Crippen LogP contribution in [0.3, 0.4) is 0 Å². The molecule has 84 valence electrons. The highest BCUT2D eigenvalue weighted by atomic mass is 19.1. The van der Waals surface area contributed by atoms with Crippen molar-refractivity contribution >= 4 is 0 Å². The fraction of sp³-hybridized carbons (Fsp3) is 0.571. The molecule has 0 spiro atoms. The van der Waals surface area contributed by atoms with Gasteiger partial charge in [-0.3, -0.25) is 0 Å². The Morgan fingerprint density at radius 1 is 1.20 bits per heavy atom. The maximum Gasteiger partial charge on any atom is 0.123 e. The second kappa shape index (κ2) is 5.89. The van der Waals surface area contributed by atoms with E-state index in [-0.39, 0.29) is 5.82 Å². The van der Waals surface area contributed by atoms with E-state index in [0.717, 1.165) is 17.5 Å². The Balaban J connectivity index is 2.60. The summed E-state index contributed by atoms with van der Waals surface area (Å²) in [5, 5.41) is 0. The van der Waals surface area contributed by atoms with Crippen LogP contribution in [-0.2, 0) is 0 Å². The van der Waals surface area contributed by atoms with E-state index in [1.54, 1.807) is 12.1 Å². The van der Waals surface area contributed by atoms with Crippen molar-refractivity contribution in [1.29, 1.82) is 0 Å². The molecule has 0 N–H and O–H groups in total. The molecule has 0 aliphatic heterocycles. The third kappa shape index (κ3) is 4.03. The third-order valence-electron chi connectivity index (χ3n) is 2.87. The quantitative estimate of drug-likeness (QED) is 0.609. The highest BCUT2D eigenvalue weighted by Gasteiger charge is 2.06. The number of hydrogen-bond donors (Lipinski definition) is 0. The Labute approximate surface area is 92.5 Å². The minimum atomic E-state index is -0.104. The van der Waals surface area contributed by atoms with Gasteiger partial charge in [-0.05, 0) is 42.5 Å². The highest BCUT2D eigenvalue weighted by molar-refractivity contribution is 5.26. The van der Waals surface area contributed by atoms with Gasteiger partial charge in [-0.1, -0.05) is 39.2 Å². The van der Waals surface area contributed by atoms with Gasteiger partial charge >= 0.3 is 0 Å². The first-order valence-electron chi connectivity index (χ1n) is 5.90. The van der Waals surface area contributed by atoms with E-state index in [1.807, 2.05) is 6.92 Å². The molecule has 15 heavy (non-hydrogen) atoms. The van der Waals surface area contributed by atoms with Gasteiger partial charge in [0.25, 0.3) is 0 Å². The van der Waals surface area contributed by atoms with Gasteiger partial charge < -0.3 is 0 Å². The predicted octanol–water partition coefficient (Wildman–Crippen LogP) is 4.82. The Hall–Kier alpha value is -0.850. The summed E-state index contributed by atoms with van der Waals surface area (Å²) >= 11 is 0. The fourth-order valence-corrected chi connectivity index (χ4v) is 1.92. The van der Waals surface area contributed by atoms with Crippen LogP contribution in [0.4, 0.5) is 4.39 Å². The number of aryl methyl sites for hydroxylation is 1. The second-order valence-corrected chi connectivity index (χ2v) is 4.46. The lowest BCUT2D eigenvalue weighted by atomic mass is 9.94. The minimum absolute atomic E-state index is 0.104. The van der Waals surface area contributed by atoms with Gasteiger partial charge in [-0.15, -0.1) is 0 Å². The van der Waals surface area contributed by atoms with Crippen molar-refractivity contribution in [3.8, 4) is 0 Å². The third-order valence-corrected chi connectivity index (χ3v) is 2.87. The zero-order valence-electron chi connectivity index (χ0n) is 10.0. The molecule has 0 aliphatic carbocycles. The maximum absolute atomic E-state index is 13.2. The second-order valence-electron chi connectivity index (χ2n) is 4.46. The van der Waals surface area contributed by atoms with Crippen LogP contribution in [0.5, 0.6) is 0 Å². The van der Waals surface area contributed by atoms with Crippen LogP contribution in [0.1, 0.15) is 56.6 Å². The lowest BCUT2D eigenvalue weighted by Gasteiger charge is -2.12. The van der Waals surface area contributed by atoms with E-state index in [2.05, 4.69) is 19.9 Å². The molecule has 0 bridgehead atoms. The zero-order chi connectivity index (χ0) is 11.3. The molecule has 1 atom stereocenters. The van der Waals surface area contributed by atoms with Crippen LogP contribution in [0, 0.1) is 12.7 Å². The Kier molecular flexibility index (Phi) is 4.80. The highest BCUT2D eigenvalue weighted by Crippen LogP contribution is 2.23. The van der Waals surface area contributed by atoms with Crippen LogP contribution in [0.25, 0.3) is 0 Å². The predicted molar refractivity (Wildman–Crippen MR) is 63.7 cm³/mol. The molecule has 0 nitrogen and oxygen atoms in total. The lowest BCUT2D eigenvalue weighted by molar-refractivity contribution is 0.586. The summed E-state index contributed by atoms with van der Waals surface area (Å²) in [6.45, 7) is 6.34. The molecular formula is C14H21F. The first-order chi connectivity index (χ1) is 7.13. The van der Waals surface area contributed by atoms with E-state index < -0.39 is 0 Å². The molecule has 1 aromatic rings. The number of rotatable bonds is 5. The number of benzene rings is 1. The van der Waals surface area contributed by atoms with Crippen LogP contribution in [-0.4, -0.2) is 0 Å². The van der Waals surface area contributed by atoms with Crippen molar-refractivity contribution < 1.29 is 4.39 Å². The maximum atomic E-state index is 13.2. The number of halogens is 1. The summed E-state index contributed by atoms with van der Waals surface area (Å²) < 4.78 is 13.2. The van der Waals surface area contributed by atoms with Crippen molar-refractivity contribution in [1.82, 2.24) is 0 Å². The Morgan fingerprint density at radius 3 is 2.53 bits per heavy atom. The average molecular weight is 208 g/mol. The molecule has 0 amide bonds.